The van der Waals surface area contributed by atoms with Crippen LogP contribution in [0.2, 0.25) is 0 Å². The number of benzene rings is 4. The van der Waals surface area contributed by atoms with E-state index in [0.29, 0.717) is 11.1 Å². The second-order valence-electron chi connectivity index (χ2n) is 7.03. The van der Waals surface area contributed by atoms with Gasteiger partial charge in [-0.15, -0.1) is 0 Å². The van der Waals surface area contributed by atoms with Crippen LogP contribution in [0.25, 0.3) is 35.1 Å². The predicted octanol–water partition coefficient (Wildman–Crippen LogP) is 6.81. The minimum Gasteiger partial charge on any atom is -0.298 e. The SMILES string of the molecule is O=Cc1ccc(C=Cc2ccc3ccccc3c2C=Cc2ccc(C=O)cc2)cc1. The molecule has 0 saturated carbocycles. The van der Waals surface area contributed by atoms with Crippen LogP contribution in [0.15, 0.2) is 84.9 Å². The van der Waals surface area contributed by atoms with Crippen molar-refractivity contribution in [3.05, 3.63) is 118 Å². The monoisotopic (exact) mass is 388 g/mol. The van der Waals surface area contributed by atoms with Crippen LogP contribution in [-0.2, 0) is 0 Å². The molecule has 2 nitrogen and oxygen atoms in total. The normalized spacial score (nSPS) is 11.3. The quantitative estimate of drug-likeness (QED) is 0.269. The number of aldehydes is 2. The topological polar surface area (TPSA) is 34.1 Å². The van der Waals surface area contributed by atoms with Crippen LogP contribution in [0.4, 0.5) is 0 Å². The molecule has 0 N–H and O–H groups in total. The van der Waals surface area contributed by atoms with Gasteiger partial charge in [-0.25, -0.2) is 0 Å². The molecule has 144 valence electrons. The van der Waals surface area contributed by atoms with Crippen LogP contribution >= 0.6 is 0 Å². The Kier molecular flexibility index (Phi) is 5.77. The summed E-state index contributed by atoms with van der Waals surface area (Å²) in [6.45, 7) is 0. The van der Waals surface area contributed by atoms with Crippen molar-refractivity contribution in [3.63, 3.8) is 0 Å². The summed E-state index contributed by atoms with van der Waals surface area (Å²) < 4.78 is 0. The Morgan fingerprint density at radius 1 is 0.467 bits per heavy atom. The van der Waals surface area contributed by atoms with Gasteiger partial charge in [-0.3, -0.25) is 9.59 Å². The van der Waals surface area contributed by atoms with Crippen LogP contribution in [0.1, 0.15) is 43.0 Å². The summed E-state index contributed by atoms with van der Waals surface area (Å²) in [5.74, 6) is 0. The highest BCUT2D eigenvalue weighted by molar-refractivity contribution is 5.97. The lowest BCUT2D eigenvalue weighted by Gasteiger charge is -2.07. The standard InChI is InChI=1S/C28H20O2/c29-19-23-9-5-21(6-10-23)13-15-26-17-16-25-3-1-2-4-27(25)28(26)18-14-22-7-11-24(20-30)12-8-22/h1-20H. The van der Waals surface area contributed by atoms with E-state index in [1.54, 1.807) is 0 Å². The number of carbonyl (C=O) groups is 2. The van der Waals surface area contributed by atoms with Crippen LogP contribution < -0.4 is 0 Å². The fraction of sp³-hybridized carbons (Fsp3) is 0. The Bertz CT molecular complexity index is 1240. The Labute approximate surface area is 175 Å². The third-order valence-corrected chi connectivity index (χ3v) is 5.05. The fourth-order valence-electron chi connectivity index (χ4n) is 3.38. The fourth-order valence-corrected chi connectivity index (χ4v) is 3.38. The lowest BCUT2D eigenvalue weighted by molar-refractivity contribution is 0.111. The Balaban J connectivity index is 1.73. The summed E-state index contributed by atoms with van der Waals surface area (Å²) in [5, 5.41) is 2.36. The van der Waals surface area contributed by atoms with Gasteiger partial charge in [0.2, 0.25) is 0 Å². The molecule has 0 fully saturated rings. The summed E-state index contributed by atoms with van der Waals surface area (Å²) >= 11 is 0. The zero-order chi connectivity index (χ0) is 20.8. The number of fused-ring (bicyclic) bond motifs is 1. The van der Waals surface area contributed by atoms with Gasteiger partial charge in [-0.1, -0.05) is 109 Å². The maximum absolute atomic E-state index is 10.9. The summed E-state index contributed by atoms with van der Waals surface area (Å²) in [7, 11) is 0. The smallest absolute Gasteiger partial charge is 0.150 e. The van der Waals surface area contributed by atoms with Gasteiger partial charge in [-0.2, -0.15) is 0 Å². The molecular weight excluding hydrogens is 368 g/mol. The van der Waals surface area contributed by atoms with Gasteiger partial charge in [0.25, 0.3) is 0 Å². The van der Waals surface area contributed by atoms with Gasteiger partial charge in [-0.05, 0) is 33.0 Å². The van der Waals surface area contributed by atoms with Crippen LogP contribution in [0, 0.1) is 0 Å². The van der Waals surface area contributed by atoms with E-state index in [4.69, 9.17) is 0 Å². The molecule has 0 aromatic heterocycles. The van der Waals surface area contributed by atoms with E-state index in [9.17, 15) is 9.59 Å². The Hall–Kier alpha value is -4.04. The third-order valence-electron chi connectivity index (χ3n) is 5.05. The molecular formula is C28H20O2. The second kappa shape index (κ2) is 8.97. The summed E-state index contributed by atoms with van der Waals surface area (Å²) in [6, 6.07) is 27.6. The molecule has 0 atom stereocenters. The van der Waals surface area contributed by atoms with Gasteiger partial charge in [0.15, 0.2) is 0 Å². The minimum atomic E-state index is 0.668. The van der Waals surface area contributed by atoms with Gasteiger partial charge in [0.1, 0.15) is 12.6 Å². The molecule has 4 rings (SSSR count). The maximum Gasteiger partial charge on any atom is 0.150 e. The first kappa shape index (κ1) is 19.3. The summed E-state index contributed by atoms with van der Waals surface area (Å²) in [5.41, 5.74) is 5.65. The van der Waals surface area contributed by atoms with Crippen molar-refractivity contribution in [1.82, 2.24) is 0 Å². The molecule has 0 unspecified atom stereocenters. The molecule has 4 aromatic rings. The third kappa shape index (κ3) is 4.34. The van der Waals surface area contributed by atoms with Gasteiger partial charge >= 0.3 is 0 Å². The number of hydrogen-bond acceptors (Lipinski definition) is 2. The molecule has 0 radical (unpaired) electrons. The molecule has 0 spiro atoms. The van der Waals surface area contributed by atoms with Crippen molar-refractivity contribution in [2.75, 3.05) is 0 Å². The van der Waals surface area contributed by atoms with Crippen molar-refractivity contribution in [2.24, 2.45) is 0 Å². The van der Waals surface area contributed by atoms with Crippen molar-refractivity contribution in [3.8, 4) is 0 Å². The molecule has 0 aliphatic heterocycles. The number of rotatable bonds is 6. The van der Waals surface area contributed by atoms with Gasteiger partial charge in [0, 0.05) is 11.1 Å². The van der Waals surface area contributed by atoms with Crippen molar-refractivity contribution in [2.45, 2.75) is 0 Å². The molecule has 30 heavy (non-hydrogen) atoms. The van der Waals surface area contributed by atoms with Crippen LogP contribution in [-0.4, -0.2) is 12.6 Å². The molecule has 4 aromatic carbocycles. The maximum atomic E-state index is 10.9. The van der Waals surface area contributed by atoms with E-state index < -0.39 is 0 Å². The number of carbonyl (C=O) groups excluding carboxylic acids is 2. The minimum absolute atomic E-state index is 0.668. The molecule has 2 heteroatoms. The number of hydrogen-bond donors (Lipinski definition) is 0. The highest BCUT2D eigenvalue weighted by Crippen LogP contribution is 2.26. The molecule has 0 saturated heterocycles. The predicted molar refractivity (Wildman–Crippen MR) is 125 cm³/mol. The van der Waals surface area contributed by atoms with E-state index in [2.05, 4.69) is 48.6 Å². The lowest BCUT2D eigenvalue weighted by atomic mass is 9.97. The first-order chi connectivity index (χ1) is 14.8. The van der Waals surface area contributed by atoms with Crippen LogP contribution in [0.3, 0.4) is 0 Å². The van der Waals surface area contributed by atoms with Crippen molar-refractivity contribution in [1.29, 1.82) is 0 Å². The zero-order valence-electron chi connectivity index (χ0n) is 16.4. The lowest BCUT2D eigenvalue weighted by Crippen LogP contribution is -1.85. The van der Waals surface area contributed by atoms with Crippen molar-refractivity contribution < 1.29 is 9.59 Å². The summed E-state index contributed by atoms with van der Waals surface area (Å²) in [4.78, 5) is 21.7. The Morgan fingerprint density at radius 2 is 1.00 bits per heavy atom. The molecule has 0 aliphatic carbocycles. The largest absolute Gasteiger partial charge is 0.298 e. The van der Waals surface area contributed by atoms with E-state index >= 15 is 0 Å². The van der Waals surface area contributed by atoms with E-state index in [1.807, 2.05) is 60.7 Å². The first-order valence-electron chi connectivity index (χ1n) is 9.75. The van der Waals surface area contributed by atoms with Gasteiger partial charge in [0.05, 0.1) is 0 Å². The van der Waals surface area contributed by atoms with Crippen molar-refractivity contribution >= 4 is 47.6 Å². The van der Waals surface area contributed by atoms with Gasteiger partial charge < -0.3 is 0 Å². The highest BCUT2D eigenvalue weighted by atomic mass is 16.1. The van der Waals surface area contributed by atoms with Crippen LogP contribution in [0.5, 0.6) is 0 Å². The van der Waals surface area contributed by atoms with E-state index in [-0.39, 0.29) is 0 Å². The molecule has 0 heterocycles. The zero-order valence-corrected chi connectivity index (χ0v) is 16.4. The molecule has 0 amide bonds. The average molecular weight is 388 g/mol. The summed E-state index contributed by atoms with van der Waals surface area (Å²) in [6.07, 6.45) is 10.0. The average Bonchev–Trinajstić information content (AvgIpc) is 2.82. The Morgan fingerprint density at radius 3 is 1.60 bits per heavy atom. The first-order valence-corrected chi connectivity index (χ1v) is 9.75. The van der Waals surface area contributed by atoms with E-state index in [0.717, 1.165) is 34.8 Å². The highest BCUT2D eigenvalue weighted by Gasteiger charge is 2.03. The molecule has 0 aliphatic rings. The second-order valence-corrected chi connectivity index (χ2v) is 7.03. The van der Waals surface area contributed by atoms with E-state index in [1.165, 1.54) is 10.8 Å². The molecule has 0 bridgehead atoms.